The third-order valence-electron chi connectivity index (χ3n) is 8.53. The summed E-state index contributed by atoms with van der Waals surface area (Å²) in [6.45, 7) is 15.8. The van der Waals surface area contributed by atoms with Crippen LogP contribution in [0.4, 0.5) is 11.4 Å². The minimum absolute atomic E-state index is 0.624. The quantitative estimate of drug-likeness (QED) is 0.186. The summed E-state index contributed by atoms with van der Waals surface area (Å²) >= 11 is 1.55. The van der Waals surface area contributed by atoms with E-state index in [1.165, 1.54) is 21.8 Å². The first-order valence-electron chi connectivity index (χ1n) is 14.0. The monoisotopic (exact) mass is 564 g/mol. The summed E-state index contributed by atoms with van der Waals surface area (Å²) in [5.74, 6) is 0. The fourth-order valence-corrected chi connectivity index (χ4v) is 8.01. The van der Waals surface area contributed by atoms with Gasteiger partial charge in [-0.15, -0.1) is 0 Å². The topological polar surface area (TPSA) is 18.6 Å². The number of para-hydroxylation sites is 3. The summed E-state index contributed by atoms with van der Waals surface area (Å²) in [5, 5.41) is 6.67. The van der Waals surface area contributed by atoms with E-state index in [4.69, 9.17) is 13.1 Å². The van der Waals surface area contributed by atoms with E-state index in [-0.39, 0.29) is 0 Å². The van der Waals surface area contributed by atoms with Crippen molar-refractivity contribution in [1.29, 1.82) is 0 Å². The third kappa shape index (κ3) is 3.17. The molecule has 4 nitrogen and oxygen atoms in total. The molecule has 3 aromatic heterocycles. The molecule has 9 aromatic rings. The maximum absolute atomic E-state index is 8.05. The van der Waals surface area contributed by atoms with E-state index in [0.29, 0.717) is 11.4 Å². The lowest BCUT2D eigenvalue weighted by Gasteiger charge is -2.13. The molecule has 0 bridgehead atoms. The first-order valence-corrected chi connectivity index (χ1v) is 14.8. The van der Waals surface area contributed by atoms with Crippen molar-refractivity contribution in [3.05, 3.63) is 144 Å². The van der Waals surface area contributed by atoms with E-state index in [1.807, 2.05) is 18.2 Å². The van der Waals surface area contributed by atoms with Crippen LogP contribution in [0.25, 0.3) is 84.8 Å². The number of benzene rings is 6. The average molecular weight is 565 g/mol. The molecule has 0 amide bonds. The van der Waals surface area contributed by atoms with Crippen molar-refractivity contribution in [2.45, 2.75) is 0 Å². The number of hydrogen-bond acceptors (Lipinski definition) is 1. The molecule has 0 radical (unpaired) electrons. The van der Waals surface area contributed by atoms with Gasteiger partial charge in [-0.05, 0) is 53.2 Å². The Hall–Kier alpha value is -5.88. The van der Waals surface area contributed by atoms with E-state index in [1.54, 1.807) is 11.3 Å². The highest BCUT2D eigenvalue weighted by molar-refractivity contribution is 7.27. The Morgan fingerprint density at radius 1 is 0.465 bits per heavy atom. The van der Waals surface area contributed by atoms with Crippen LogP contribution in [-0.2, 0) is 0 Å². The molecule has 0 aliphatic rings. The van der Waals surface area contributed by atoms with Crippen molar-refractivity contribution in [2.75, 3.05) is 0 Å². The van der Waals surface area contributed by atoms with Gasteiger partial charge in [0.15, 0.2) is 0 Å². The van der Waals surface area contributed by atoms with E-state index in [2.05, 4.69) is 122 Å². The second kappa shape index (κ2) is 8.81. The van der Waals surface area contributed by atoms with Crippen LogP contribution in [0, 0.1) is 13.1 Å². The average Bonchev–Trinajstić information content (AvgIpc) is 3.72. The Morgan fingerprint density at radius 3 is 1.65 bits per heavy atom. The van der Waals surface area contributed by atoms with Gasteiger partial charge in [0.2, 0.25) is 11.4 Å². The molecule has 0 unspecified atom stereocenters. The zero-order chi connectivity index (χ0) is 28.7. The molecular weight excluding hydrogens is 545 g/mol. The van der Waals surface area contributed by atoms with Crippen molar-refractivity contribution in [1.82, 2.24) is 9.13 Å². The Morgan fingerprint density at radius 2 is 1.00 bits per heavy atom. The van der Waals surface area contributed by atoms with Gasteiger partial charge in [-0.2, -0.15) is 11.3 Å². The van der Waals surface area contributed by atoms with Crippen LogP contribution < -0.4 is 0 Å². The first-order chi connectivity index (χ1) is 21.3. The first kappa shape index (κ1) is 23.8. The fourth-order valence-electron chi connectivity index (χ4n) is 6.79. The van der Waals surface area contributed by atoms with E-state index in [9.17, 15) is 0 Å². The summed E-state index contributed by atoms with van der Waals surface area (Å²) in [5.41, 5.74) is 7.87. The number of aromatic nitrogens is 2. The van der Waals surface area contributed by atoms with Crippen molar-refractivity contribution >= 4 is 86.5 Å². The summed E-state index contributed by atoms with van der Waals surface area (Å²) in [7, 11) is 0. The van der Waals surface area contributed by atoms with Gasteiger partial charge in [0, 0.05) is 42.3 Å². The Bertz CT molecular complexity index is 2650. The largest absolute Gasteiger partial charge is 0.309 e. The molecule has 43 heavy (non-hydrogen) atoms. The van der Waals surface area contributed by atoms with Gasteiger partial charge >= 0.3 is 0 Å². The molecule has 0 fully saturated rings. The molecule has 0 spiro atoms. The second-order valence-corrected chi connectivity index (χ2v) is 11.7. The molecule has 9 rings (SSSR count). The van der Waals surface area contributed by atoms with Crippen LogP contribution in [-0.4, -0.2) is 9.13 Å². The second-order valence-electron chi connectivity index (χ2n) is 10.7. The zero-order valence-corrected chi connectivity index (χ0v) is 23.6. The number of nitrogens with zero attached hydrogens (tertiary/aromatic N) is 4. The molecule has 0 N–H and O–H groups in total. The minimum atomic E-state index is 0.624. The molecule has 0 saturated carbocycles. The summed E-state index contributed by atoms with van der Waals surface area (Å²) in [6, 6.07) is 42.2. The Kier molecular flexibility index (Phi) is 4.87. The summed E-state index contributed by atoms with van der Waals surface area (Å²) in [4.78, 5) is 7.78. The Balaban J connectivity index is 1.44. The van der Waals surface area contributed by atoms with Crippen LogP contribution >= 0.6 is 11.3 Å². The highest BCUT2D eigenvalue weighted by atomic mass is 32.1. The third-order valence-corrected chi connectivity index (χ3v) is 9.78. The molecule has 5 heteroatoms. The number of hydrogen-bond donors (Lipinski definition) is 0. The van der Waals surface area contributed by atoms with Crippen LogP contribution in [0.1, 0.15) is 0 Å². The van der Waals surface area contributed by atoms with Crippen LogP contribution in [0.2, 0.25) is 0 Å². The van der Waals surface area contributed by atoms with Gasteiger partial charge in [-0.25, -0.2) is 9.69 Å². The molecule has 3 heterocycles. The van der Waals surface area contributed by atoms with Crippen molar-refractivity contribution in [3.8, 4) is 11.4 Å². The molecule has 198 valence electrons. The predicted octanol–water partition coefficient (Wildman–Crippen LogP) is 11.4. The van der Waals surface area contributed by atoms with E-state index < -0.39 is 0 Å². The highest BCUT2D eigenvalue weighted by Gasteiger charge is 2.22. The normalized spacial score (nSPS) is 11.7. The van der Waals surface area contributed by atoms with Crippen molar-refractivity contribution < 1.29 is 0 Å². The lowest BCUT2D eigenvalue weighted by Crippen LogP contribution is -1.98. The van der Waals surface area contributed by atoms with Gasteiger partial charge in [-0.1, -0.05) is 78.9 Å². The molecule has 6 aromatic carbocycles. The van der Waals surface area contributed by atoms with Gasteiger partial charge in [-0.3, -0.25) is 0 Å². The summed E-state index contributed by atoms with van der Waals surface area (Å²) in [6.07, 6.45) is 0. The lowest BCUT2D eigenvalue weighted by atomic mass is 10.1. The summed E-state index contributed by atoms with van der Waals surface area (Å²) < 4.78 is 6.54. The van der Waals surface area contributed by atoms with Gasteiger partial charge in [0.25, 0.3) is 0 Å². The lowest BCUT2D eigenvalue weighted by molar-refractivity contribution is 1.14. The van der Waals surface area contributed by atoms with Gasteiger partial charge in [0.05, 0.1) is 35.2 Å². The standard InChI is InChI=1S/C38H20N4S/c1-39-30-17-10-16-28-35-36-29(22-31(40-2)38(35)43-37(28)30)27-15-5-8-20-34(27)42(36)24-12-9-11-23(21-24)41-32-18-6-3-13-25(32)26-14-4-7-19-33(26)41/h3-22H. The van der Waals surface area contributed by atoms with Crippen LogP contribution in [0.5, 0.6) is 0 Å². The molecule has 0 atom stereocenters. The van der Waals surface area contributed by atoms with E-state index in [0.717, 1.165) is 53.4 Å². The maximum atomic E-state index is 8.05. The van der Waals surface area contributed by atoms with E-state index >= 15 is 0 Å². The minimum Gasteiger partial charge on any atom is -0.309 e. The Labute approximate surface area is 250 Å². The SMILES string of the molecule is [C-]#[N+]c1cccc2c1sc1c([N+]#[C-])cc3c4ccccc4n(-c4cccc(-n5c6ccccc6c6ccccc65)c4)c3c12. The smallest absolute Gasteiger partial charge is 0.205 e. The fraction of sp³-hybridized carbons (Fsp3) is 0. The maximum Gasteiger partial charge on any atom is 0.205 e. The highest BCUT2D eigenvalue weighted by Crippen LogP contribution is 2.49. The van der Waals surface area contributed by atoms with Gasteiger partial charge < -0.3 is 9.13 Å². The molecule has 0 aliphatic carbocycles. The zero-order valence-electron chi connectivity index (χ0n) is 22.7. The molecule has 0 aliphatic heterocycles. The van der Waals surface area contributed by atoms with Crippen LogP contribution in [0.3, 0.4) is 0 Å². The number of fused-ring (bicyclic) bond motifs is 10. The van der Waals surface area contributed by atoms with Gasteiger partial charge in [0.1, 0.15) is 0 Å². The van der Waals surface area contributed by atoms with Crippen molar-refractivity contribution in [2.24, 2.45) is 0 Å². The number of thiophene rings is 1. The van der Waals surface area contributed by atoms with Crippen molar-refractivity contribution in [3.63, 3.8) is 0 Å². The predicted molar refractivity (Wildman–Crippen MR) is 181 cm³/mol. The van der Waals surface area contributed by atoms with Crippen LogP contribution in [0.15, 0.2) is 121 Å². The molecule has 0 saturated heterocycles. The number of rotatable bonds is 2. The molecular formula is C38H20N4S.